The monoisotopic (exact) mass is 342 g/mol. The van der Waals surface area contributed by atoms with E-state index in [4.69, 9.17) is 0 Å². The van der Waals surface area contributed by atoms with Crippen LogP contribution in [0.3, 0.4) is 0 Å². The number of likely N-dealkylation sites (N-methyl/N-ethyl adjacent to an activating group) is 1. The van der Waals surface area contributed by atoms with Gasteiger partial charge < -0.3 is 10.2 Å². The maximum absolute atomic E-state index is 13.3. The second-order valence-electron chi connectivity index (χ2n) is 5.11. The molecule has 0 aliphatic carbocycles. The van der Waals surface area contributed by atoms with E-state index < -0.39 is 0 Å². The third kappa shape index (κ3) is 3.79. The van der Waals surface area contributed by atoms with E-state index in [0.29, 0.717) is 29.2 Å². The molecule has 0 bridgehead atoms. The first kappa shape index (κ1) is 15.4. The topological polar surface area (TPSA) is 32.3 Å². The molecule has 0 saturated carbocycles. The first-order valence-electron chi connectivity index (χ1n) is 7.09. The number of carbonyl (C=O) groups is 1. The van der Waals surface area contributed by atoms with Crippen molar-refractivity contribution in [3.8, 4) is 0 Å². The van der Waals surface area contributed by atoms with Crippen molar-refractivity contribution in [1.29, 1.82) is 0 Å². The van der Waals surface area contributed by atoms with Gasteiger partial charge >= 0.3 is 0 Å². The quantitative estimate of drug-likeness (QED) is 0.911. The average Bonchev–Trinajstić information content (AvgIpc) is 2.47. The van der Waals surface area contributed by atoms with Gasteiger partial charge in [0.1, 0.15) is 5.82 Å². The lowest BCUT2D eigenvalue weighted by Gasteiger charge is -2.30. The van der Waals surface area contributed by atoms with Crippen LogP contribution in [-0.4, -0.2) is 36.5 Å². The molecular formula is C15H20BrFN2O. The zero-order valence-electron chi connectivity index (χ0n) is 11.7. The maximum atomic E-state index is 13.3. The third-order valence-electron chi connectivity index (χ3n) is 3.68. The molecule has 0 aromatic heterocycles. The third-order valence-corrected chi connectivity index (χ3v) is 4.37. The zero-order valence-corrected chi connectivity index (χ0v) is 13.2. The molecule has 1 N–H and O–H groups in total. The van der Waals surface area contributed by atoms with E-state index in [1.165, 1.54) is 25.0 Å². The van der Waals surface area contributed by atoms with E-state index in [0.717, 1.165) is 13.0 Å². The van der Waals surface area contributed by atoms with Crippen molar-refractivity contribution < 1.29 is 9.18 Å². The molecule has 1 aromatic carbocycles. The molecule has 1 saturated heterocycles. The van der Waals surface area contributed by atoms with Crippen molar-refractivity contribution in [2.75, 3.05) is 19.6 Å². The molecule has 1 atom stereocenters. The van der Waals surface area contributed by atoms with Crippen LogP contribution in [0, 0.1) is 5.82 Å². The van der Waals surface area contributed by atoms with Gasteiger partial charge in [0.25, 0.3) is 5.91 Å². The van der Waals surface area contributed by atoms with Crippen LogP contribution in [0.25, 0.3) is 0 Å². The number of benzene rings is 1. The normalized spacial score (nSPS) is 18.9. The second-order valence-corrected chi connectivity index (χ2v) is 5.97. The molecule has 20 heavy (non-hydrogen) atoms. The van der Waals surface area contributed by atoms with Crippen molar-refractivity contribution in [3.63, 3.8) is 0 Å². The Kier molecular flexibility index (Phi) is 5.54. The van der Waals surface area contributed by atoms with Crippen LogP contribution in [0.4, 0.5) is 4.39 Å². The van der Waals surface area contributed by atoms with Crippen molar-refractivity contribution in [1.82, 2.24) is 10.2 Å². The van der Waals surface area contributed by atoms with E-state index >= 15 is 0 Å². The molecule has 5 heteroatoms. The smallest absolute Gasteiger partial charge is 0.255 e. The lowest BCUT2D eigenvalue weighted by Crippen LogP contribution is -2.45. The predicted octanol–water partition coefficient (Wildman–Crippen LogP) is 3.19. The van der Waals surface area contributed by atoms with Crippen LogP contribution in [0.1, 0.15) is 36.5 Å². The van der Waals surface area contributed by atoms with Crippen LogP contribution in [-0.2, 0) is 0 Å². The number of rotatable bonds is 4. The van der Waals surface area contributed by atoms with Gasteiger partial charge in [-0.25, -0.2) is 4.39 Å². The van der Waals surface area contributed by atoms with Crippen LogP contribution in [0.15, 0.2) is 22.7 Å². The van der Waals surface area contributed by atoms with Crippen LogP contribution in [0.5, 0.6) is 0 Å². The summed E-state index contributed by atoms with van der Waals surface area (Å²) in [7, 11) is 0. The number of carbonyl (C=O) groups excluding carboxylic acids is 1. The predicted molar refractivity (Wildman–Crippen MR) is 81.3 cm³/mol. The molecule has 1 heterocycles. The summed E-state index contributed by atoms with van der Waals surface area (Å²) in [6.07, 6.45) is 3.49. The fourth-order valence-electron chi connectivity index (χ4n) is 2.53. The van der Waals surface area contributed by atoms with E-state index in [1.54, 1.807) is 11.0 Å². The Morgan fingerprint density at radius 3 is 2.95 bits per heavy atom. The van der Waals surface area contributed by atoms with Gasteiger partial charge in [-0.3, -0.25) is 4.79 Å². The number of hydrogen-bond acceptors (Lipinski definition) is 2. The number of halogens is 2. The van der Waals surface area contributed by atoms with Gasteiger partial charge in [-0.2, -0.15) is 0 Å². The van der Waals surface area contributed by atoms with Gasteiger partial charge in [-0.05, 0) is 60.4 Å². The van der Waals surface area contributed by atoms with Gasteiger partial charge in [0.2, 0.25) is 0 Å². The molecule has 1 fully saturated rings. The van der Waals surface area contributed by atoms with Crippen LogP contribution >= 0.6 is 15.9 Å². The molecule has 1 aliphatic heterocycles. The van der Waals surface area contributed by atoms with E-state index in [9.17, 15) is 9.18 Å². The first-order valence-corrected chi connectivity index (χ1v) is 7.89. The van der Waals surface area contributed by atoms with Crippen LogP contribution < -0.4 is 5.32 Å². The Hall–Kier alpha value is -0.940. The minimum Gasteiger partial charge on any atom is -0.337 e. The minimum atomic E-state index is -0.386. The Morgan fingerprint density at radius 2 is 2.30 bits per heavy atom. The Bertz CT molecular complexity index is 475. The second kappa shape index (κ2) is 7.18. The number of hydrogen-bond donors (Lipinski definition) is 1. The molecule has 1 unspecified atom stereocenters. The van der Waals surface area contributed by atoms with Crippen molar-refractivity contribution >= 4 is 21.8 Å². The number of nitrogens with zero attached hydrogens (tertiary/aromatic N) is 1. The Labute approximate surface area is 127 Å². The SMILES string of the molecule is CCN(CC1CCCCN1)C(=O)c1cc(F)ccc1Br. The van der Waals surface area contributed by atoms with Crippen LogP contribution in [0.2, 0.25) is 0 Å². The highest BCUT2D eigenvalue weighted by Crippen LogP contribution is 2.20. The van der Waals surface area contributed by atoms with Gasteiger partial charge in [0.05, 0.1) is 5.56 Å². The Balaban J connectivity index is 2.09. The molecule has 0 spiro atoms. The molecule has 1 amide bonds. The number of piperidine rings is 1. The minimum absolute atomic E-state index is 0.119. The summed E-state index contributed by atoms with van der Waals surface area (Å²) >= 11 is 3.32. The van der Waals surface area contributed by atoms with E-state index in [2.05, 4.69) is 21.2 Å². The van der Waals surface area contributed by atoms with Gasteiger partial charge in [0, 0.05) is 23.6 Å². The van der Waals surface area contributed by atoms with Crippen molar-refractivity contribution in [2.24, 2.45) is 0 Å². The number of nitrogens with one attached hydrogen (secondary N) is 1. The highest BCUT2D eigenvalue weighted by atomic mass is 79.9. The summed E-state index contributed by atoms with van der Waals surface area (Å²) in [5.41, 5.74) is 0.391. The summed E-state index contributed by atoms with van der Waals surface area (Å²) < 4.78 is 14.0. The highest BCUT2D eigenvalue weighted by Gasteiger charge is 2.22. The zero-order chi connectivity index (χ0) is 14.5. The first-order chi connectivity index (χ1) is 9.61. The summed E-state index contributed by atoms with van der Waals surface area (Å²) in [4.78, 5) is 14.3. The summed E-state index contributed by atoms with van der Waals surface area (Å²) in [5, 5.41) is 3.44. The van der Waals surface area contributed by atoms with E-state index in [-0.39, 0.29) is 11.7 Å². The summed E-state index contributed by atoms with van der Waals surface area (Å²) in [6, 6.07) is 4.57. The van der Waals surface area contributed by atoms with E-state index in [1.807, 2.05) is 6.92 Å². The highest BCUT2D eigenvalue weighted by molar-refractivity contribution is 9.10. The number of amides is 1. The molecule has 110 valence electrons. The standard InChI is InChI=1S/C15H20BrFN2O/c1-2-19(10-12-5-3-4-8-18-12)15(20)13-9-11(17)6-7-14(13)16/h6-7,9,12,18H,2-5,8,10H2,1H3. The molecule has 3 nitrogen and oxygen atoms in total. The van der Waals surface area contributed by atoms with Crippen molar-refractivity contribution in [2.45, 2.75) is 32.2 Å². The van der Waals surface area contributed by atoms with Gasteiger partial charge in [0.15, 0.2) is 0 Å². The summed E-state index contributed by atoms with van der Waals surface area (Å²) in [6.45, 7) is 4.27. The lowest BCUT2D eigenvalue weighted by atomic mass is 10.0. The lowest BCUT2D eigenvalue weighted by molar-refractivity contribution is 0.0740. The molecule has 1 aliphatic rings. The Morgan fingerprint density at radius 1 is 1.50 bits per heavy atom. The molecule has 1 aromatic rings. The molecular weight excluding hydrogens is 323 g/mol. The van der Waals surface area contributed by atoms with Gasteiger partial charge in [-0.1, -0.05) is 6.42 Å². The summed E-state index contributed by atoms with van der Waals surface area (Å²) in [5.74, 6) is -0.505. The van der Waals surface area contributed by atoms with Gasteiger partial charge in [-0.15, -0.1) is 0 Å². The molecule has 2 rings (SSSR count). The fraction of sp³-hybridized carbons (Fsp3) is 0.533. The fourth-order valence-corrected chi connectivity index (χ4v) is 2.95. The maximum Gasteiger partial charge on any atom is 0.255 e. The average molecular weight is 343 g/mol. The van der Waals surface area contributed by atoms with Crippen molar-refractivity contribution in [3.05, 3.63) is 34.1 Å². The largest absolute Gasteiger partial charge is 0.337 e. The molecule has 0 radical (unpaired) electrons.